The van der Waals surface area contributed by atoms with Crippen molar-refractivity contribution in [3.05, 3.63) is 51.0 Å². The molecular formula is C21H20ClN6NaO13S2. The van der Waals surface area contributed by atoms with Gasteiger partial charge in [0, 0.05) is 17.5 Å². The van der Waals surface area contributed by atoms with Crippen LogP contribution in [0.15, 0.2) is 34.8 Å². The molecule has 0 spiro atoms. The van der Waals surface area contributed by atoms with Gasteiger partial charge in [-0.05, 0) is 17.7 Å². The number of halogens is 1. The van der Waals surface area contributed by atoms with Crippen LogP contribution in [-0.4, -0.2) is 124 Å². The van der Waals surface area contributed by atoms with Crippen molar-refractivity contribution in [1.29, 1.82) is 0 Å². The quantitative estimate of drug-likeness (QED) is 0.0324. The van der Waals surface area contributed by atoms with Gasteiger partial charge in [0.1, 0.15) is 24.2 Å². The first-order valence-electron chi connectivity index (χ1n) is 11.4. The van der Waals surface area contributed by atoms with E-state index in [9.17, 15) is 47.1 Å². The predicted octanol–water partition coefficient (Wildman–Crippen LogP) is -1.28. The number of β-lactam (4-membered cyclic amide) rings is 1. The molecule has 2 unspecified atom stereocenters. The number of benzene rings is 1. The zero-order valence-corrected chi connectivity index (χ0v) is 23.9. The molecule has 1 aromatic heterocycles. The molecular weight excluding hydrogens is 667 g/mol. The number of nitro groups is 1. The van der Waals surface area contributed by atoms with E-state index in [0.717, 1.165) is 18.4 Å². The second kappa shape index (κ2) is 15.8. The van der Waals surface area contributed by atoms with Crippen LogP contribution >= 0.6 is 22.9 Å². The van der Waals surface area contributed by atoms with E-state index in [1.807, 2.05) is 0 Å². The fraction of sp³-hybridized carbons (Fsp3) is 0.286. The number of thiazole rings is 1. The number of hydrogen-bond donors (Lipinski definition) is 3. The molecule has 2 heterocycles. The number of anilines is 1. The van der Waals surface area contributed by atoms with Gasteiger partial charge < -0.3 is 24.9 Å². The van der Waals surface area contributed by atoms with E-state index >= 15 is 0 Å². The maximum absolute atomic E-state index is 13.1. The average molecular weight is 687 g/mol. The Kier molecular flexibility index (Phi) is 13.1. The number of esters is 2. The van der Waals surface area contributed by atoms with Gasteiger partial charge in [0.15, 0.2) is 16.9 Å². The number of nitrogens with zero attached hydrogens (tertiary/aromatic N) is 4. The van der Waals surface area contributed by atoms with E-state index < -0.39 is 75.2 Å². The number of carbonyl (C=O) groups is 5. The van der Waals surface area contributed by atoms with Gasteiger partial charge in [0.2, 0.25) is 12.5 Å². The van der Waals surface area contributed by atoms with Crippen LogP contribution in [0.5, 0.6) is 0 Å². The summed E-state index contributed by atoms with van der Waals surface area (Å²) in [6.07, 6.45) is 0. The molecule has 1 aliphatic rings. The molecule has 1 aromatic carbocycles. The van der Waals surface area contributed by atoms with Crippen LogP contribution in [0.1, 0.15) is 11.3 Å². The normalized spacial score (nSPS) is 16.1. The van der Waals surface area contributed by atoms with Gasteiger partial charge in [-0.1, -0.05) is 5.16 Å². The Bertz CT molecular complexity index is 1580. The summed E-state index contributed by atoms with van der Waals surface area (Å²) >= 11 is 6.27. The van der Waals surface area contributed by atoms with E-state index in [1.54, 1.807) is 0 Å². The summed E-state index contributed by atoms with van der Waals surface area (Å²) < 4.78 is 41.5. The number of rotatable bonds is 13. The zero-order valence-electron chi connectivity index (χ0n) is 21.5. The molecule has 0 radical (unpaired) electrons. The second-order valence-corrected chi connectivity index (χ2v) is 10.5. The van der Waals surface area contributed by atoms with Gasteiger partial charge in [-0.3, -0.25) is 29.1 Å². The van der Waals surface area contributed by atoms with Crippen LogP contribution in [0.25, 0.3) is 0 Å². The Morgan fingerprint density at radius 2 is 1.91 bits per heavy atom. The van der Waals surface area contributed by atoms with Crippen LogP contribution in [-0.2, 0) is 55.2 Å². The molecule has 2 aromatic rings. The summed E-state index contributed by atoms with van der Waals surface area (Å²) in [6, 6.07) is 1.36. The first-order chi connectivity index (χ1) is 20.3. The molecule has 3 rings (SSSR count). The molecule has 23 heteroatoms. The summed E-state index contributed by atoms with van der Waals surface area (Å²) in [5.41, 5.74) is -0.689. The van der Waals surface area contributed by atoms with E-state index in [2.05, 4.69) is 25.5 Å². The van der Waals surface area contributed by atoms with Gasteiger partial charge >= 0.3 is 51.8 Å². The van der Waals surface area contributed by atoms with E-state index in [1.165, 1.54) is 29.6 Å². The van der Waals surface area contributed by atoms with Crippen molar-refractivity contribution in [2.75, 3.05) is 24.9 Å². The first-order valence-corrected chi connectivity index (χ1v) is 14.2. The van der Waals surface area contributed by atoms with Crippen molar-refractivity contribution in [2.45, 2.75) is 18.7 Å². The Morgan fingerprint density at radius 3 is 2.48 bits per heavy atom. The number of oxime groups is 1. The van der Waals surface area contributed by atoms with Crippen LogP contribution in [0.2, 0.25) is 0 Å². The number of ether oxygens (including phenoxy) is 2. The molecule has 1 fully saturated rings. The molecule has 0 bridgehead atoms. The molecule has 1 saturated heterocycles. The monoisotopic (exact) mass is 686 g/mol. The Hall–Kier alpha value is -3.73. The summed E-state index contributed by atoms with van der Waals surface area (Å²) in [5.74, 6) is -5.93. The van der Waals surface area contributed by atoms with Crippen molar-refractivity contribution in [1.82, 2.24) is 14.6 Å². The van der Waals surface area contributed by atoms with E-state index in [-0.39, 0.29) is 57.0 Å². The molecule has 232 valence electrons. The van der Waals surface area contributed by atoms with Crippen molar-refractivity contribution >= 4 is 109 Å². The predicted molar refractivity (Wildman–Crippen MR) is 150 cm³/mol. The van der Waals surface area contributed by atoms with Crippen molar-refractivity contribution in [2.24, 2.45) is 5.16 Å². The number of amides is 3. The number of aromatic nitrogens is 1. The Labute approximate surface area is 278 Å². The van der Waals surface area contributed by atoms with Crippen LogP contribution in [0.3, 0.4) is 0 Å². The molecule has 1 aliphatic heterocycles. The van der Waals surface area contributed by atoms with Gasteiger partial charge in [-0.15, -0.1) is 22.9 Å². The van der Waals surface area contributed by atoms with Crippen molar-refractivity contribution in [3.8, 4) is 0 Å². The molecule has 3 N–H and O–H groups in total. The van der Waals surface area contributed by atoms with Crippen LogP contribution in [0, 0.1) is 10.1 Å². The summed E-state index contributed by atoms with van der Waals surface area (Å²) in [7, 11) is -4.32. The second-order valence-electron chi connectivity index (χ2n) is 8.05. The fourth-order valence-electron chi connectivity index (χ4n) is 3.29. The SMILES string of the molecule is COC(=O)C1C(NC(=O)/C(=N\OCC(=O)OCc2ccc([N+](=O)[O-])cc2)c2csc(NC(=O)CCl)n2)C(=O)N1S(=O)(=O)O.[NaH]. The molecule has 0 saturated carbocycles. The topological polar surface area (TPSA) is 263 Å². The van der Waals surface area contributed by atoms with Gasteiger partial charge in [-0.2, -0.15) is 12.7 Å². The third-order valence-electron chi connectivity index (χ3n) is 5.24. The summed E-state index contributed by atoms with van der Waals surface area (Å²) in [5, 5.41) is 19.9. The number of alkyl halides is 1. The van der Waals surface area contributed by atoms with E-state index in [0.29, 0.717) is 5.56 Å². The standard InChI is InChI=1S/C21H19ClN6O13S2.Na.H/c1-39-20(33)17-16(19(32)27(17)43(36,37)38)25-18(31)15(12-9-42-21(23-12)24-13(29)6-22)26-41-8-14(30)40-7-10-2-4-11(5-3-10)28(34)35;;/h2-5,9,16-17H,6-8H2,1H3,(H,25,31)(H,23,24,29)(H,36,37,38);;/b26-15-;;. The van der Waals surface area contributed by atoms with E-state index in [4.69, 9.17) is 21.2 Å². The number of hydrogen-bond acceptors (Lipinski definition) is 15. The number of non-ortho nitro benzene ring substituents is 1. The average Bonchev–Trinajstić information content (AvgIpc) is 3.42. The number of carbonyl (C=O) groups excluding carboxylic acids is 5. The summed E-state index contributed by atoms with van der Waals surface area (Å²) in [4.78, 5) is 80.2. The Balaban J connectivity index is 0.00000675. The third kappa shape index (κ3) is 9.14. The number of nitrogens with one attached hydrogen (secondary N) is 2. The van der Waals surface area contributed by atoms with Gasteiger partial charge in [0.25, 0.3) is 17.5 Å². The van der Waals surface area contributed by atoms with Crippen LogP contribution in [0.4, 0.5) is 10.8 Å². The molecule has 44 heavy (non-hydrogen) atoms. The van der Waals surface area contributed by atoms with Crippen LogP contribution < -0.4 is 10.6 Å². The summed E-state index contributed by atoms with van der Waals surface area (Å²) in [6.45, 7) is -1.14. The number of nitro benzene ring substituents is 1. The third-order valence-corrected chi connectivity index (χ3v) is 7.15. The first kappa shape index (κ1) is 36.5. The van der Waals surface area contributed by atoms with Gasteiger partial charge in [-0.25, -0.2) is 14.6 Å². The minimum absolute atomic E-state index is 0. The van der Waals surface area contributed by atoms with Crippen molar-refractivity contribution in [3.63, 3.8) is 0 Å². The zero-order chi connectivity index (χ0) is 31.9. The molecule has 3 amide bonds. The minimum atomic E-state index is -5.19. The maximum atomic E-state index is 13.1. The molecule has 0 aliphatic carbocycles. The Morgan fingerprint density at radius 1 is 1.25 bits per heavy atom. The molecule has 2 atom stereocenters. The van der Waals surface area contributed by atoms with Gasteiger partial charge in [0.05, 0.1) is 12.0 Å². The molecule has 19 nitrogen and oxygen atoms in total. The fourth-order valence-corrected chi connectivity index (χ4v) is 4.90. The number of methoxy groups -OCH3 is 1. The van der Waals surface area contributed by atoms with Crippen molar-refractivity contribution < 1.29 is 56.2 Å².